The molecule has 12 nitrogen and oxygen atoms in total. The summed E-state index contributed by atoms with van der Waals surface area (Å²) in [4.78, 5) is 42.2. The number of pyridine rings is 1. The van der Waals surface area contributed by atoms with Crippen LogP contribution >= 0.6 is 0 Å². The Kier molecular flexibility index (Phi) is 11.2. The molecule has 3 aliphatic heterocycles. The van der Waals surface area contributed by atoms with Gasteiger partial charge < -0.3 is 19.5 Å². The molecule has 3 aliphatic rings. The van der Waals surface area contributed by atoms with Crippen LogP contribution in [0.1, 0.15) is 78.7 Å². The molecule has 1 amide bonds. The number of fused-ring (bicyclic) bond motifs is 3. The van der Waals surface area contributed by atoms with Crippen molar-refractivity contribution in [1.82, 2.24) is 30.6 Å². The minimum absolute atomic E-state index is 0.0284. The molecule has 7 rings (SSSR count). The maximum Gasteiger partial charge on any atom is 0.408 e. The third-order valence-corrected chi connectivity index (χ3v) is 10.7. The second-order valence-corrected chi connectivity index (χ2v) is 16.4. The van der Waals surface area contributed by atoms with E-state index < -0.39 is 53.0 Å². The van der Waals surface area contributed by atoms with Gasteiger partial charge in [-0.3, -0.25) is 14.9 Å². The third kappa shape index (κ3) is 8.29. The van der Waals surface area contributed by atoms with Gasteiger partial charge in [0, 0.05) is 43.2 Å². The van der Waals surface area contributed by atoms with E-state index >= 15 is 8.78 Å². The first-order valence-corrected chi connectivity index (χ1v) is 19.5. The van der Waals surface area contributed by atoms with Crippen LogP contribution in [0, 0.1) is 29.9 Å². The number of nitrogens with one attached hydrogen (secondary N) is 2. The number of alkyl halides is 1. The lowest BCUT2D eigenvalue weighted by Gasteiger charge is -2.31. The Morgan fingerprint density at radius 1 is 1.12 bits per heavy atom. The molecule has 0 saturated carbocycles. The summed E-state index contributed by atoms with van der Waals surface area (Å²) < 4.78 is 64.7. The number of hydrogen-bond acceptors (Lipinski definition) is 11. The number of hydrogen-bond donors (Lipinski definition) is 2. The Labute approximate surface area is 329 Å². The third-order valence-electron chi connectivity index (χ3n) is 10.7. The van der Waals surface area contributed by atoms with E-state index in [1.165, 1.54) is 30.5 Å². The van der Waals surface area contributed by atoms with Gasteiger partial charge in [-0.25, -0.2) is 28.2 Å². The van der Waals surface area contributed by atoms with Gasteiger partial charge in [-0.1, -0.05) is 32.3 Å². The molecule has 57 heavy (non-hydrogen) atoms. The normalized spacial score (nSPS) is 20.6. The summed E-state index contributed by atoms with van der Waals surface area (Å²) in [5, 5.41) is 5.22. The SMILES string of the molecule is C#Cc1c(F)ccc2cc(OC(=O)[C@@H](NC(=O)OC(C)(C)C)C(C)C)cc(-c3ncc4c(N5CCCCCN5)nc(OC[C@@]56CCCN5C[C@H](F)C6)nc4c3F)c12. The molecule has 0 unspecified atom stereocenters. The Balaban J connectivity index is 1.33. The average molecular weight is 788 g/mol. The molecule has 5 heterocycles. The summed E-state index contributed by atoms with van der Waals surface area (Å²) in [6.07, 6.45) is 10.3. The molecule has 0 bridgehead atoms. The van der Waals surface area contributed by atoms with Crippen LogP contribution in [0.15, 0.2) is 30.5 Å². The number of anilines is 1. The standard InChI is InChI=1S/C42H48F3N7O5/c1-7-28-31(44)13-12-25-18-27(56-38(53)34(24(2)3)49-40(54)57-41(4,5)6)19-29(32(25)28)35-33(45)36-30(21-46-35)37(52-17-10-8-9-15-47-52)50-39(48-36)55-23-42-14-11-16-51(42)22-26(43)20-42/h1,12-13,18-19,21,24,26,34,47H,8-11,14-17,20,22-23H2,2-6H3,(H,49,54)/t26-,34+,42+/m1/s1. The van der Waals surface area contributed by atoms with Crippen molar-refractivity contribution in [2.24, 2.45) is 5.92 Å². The van der Waals surface area contributed by atoms with Crippen molar-refractivity contribution in [2.75, 3.05) is 37.8 Å². The summed E-state index contributed by atoms with van der Waals surface area (Å²) >= 11 is 0. The predicted octanol–water partition coefficient (Wildman–Crippen LogP) is 7.01. The lowest BCUT2D eigenvalue weighted by atomic mass is 9.95. The number of rotatable bonds is 9. The van der Waals surface area contributed by atoms with Crippen molar-refractivity contribution in [2.45, 2.75) is 96.5 Å². The topological polar surface area (TPSA) is 131 Å². The lowest BCUT2D eigenvalue weighted by molar-refractivity contribution is -0.137. The van der Waals surface area contributed by atoms with Crippen LogP contribution in [-0.4, -0.2) is 88.1 Å². The van der Waals surface area contributed by atoms with E-state index in [0.29, 0.717) is 42.6 Å². The van der Waals surface area contributed by atoms with E-state index in [4.69, 9.17) is 25.6 Å². The van der Waals surface area contributed by atoms with Crippen molar-refractivity contribution < 1.29 is 37.0 Å². The molecule has 0 aliphatic carbocycles. The minimum Gasteiger partial charge on any atom is -0.461 e. The maximum absolute atomic E-state index is 17.3. The second kappa shape index (κ2) is 16.0. The van der Waals surface area contributed by atoms with Gasteiger partial charge in [0.2, 0.25) is 0 Å². The van der Waals surface area contributed by atoms with E-state index in [0.717, 1.165) is 38.6 Å². The summed E-state index contributed by atoms with van der Waals surface area (Å²) in [7, 11) is 0. The predicted molar refractivity (Wildman–Crippen MR) is 210 cm³/mol. The summed E-state index contributed by atoms with van der Waals surface area (Å²) in [5.41, 5.74) is 1.61. The lowest BCUT2D eigenvalue weighted by Crippen LogP contribution is -2.48. The van der Waals surface area contributed by atoms with Crippen LogP contribution in [0.5, 0.6) is 11.8 Å². The van der Waals surface area contributed by atoms with Crippen molar-refractivity contribution in [3.05, 3.63) is 47.7 Å². The second-order valence-electron chi connectivity index (χ2n) is 16.4. The average Bonchev–Trinajstić information content (AvgIpc) is 3.53. The van der Waals surface area contributed by atoms with Gasteiger partial charge in [-0.2, -0.15) is 9.97 Å². The number of benzene rings is 2. The van der Waals surface area contributed by atoms with Gasteiger partial charge in [-0.05, 0) is 82.5 Å². The number of aromatic nitrogens is 3. The molecule has 15 heteroatoms. The van der Waals surface area contributed by atoms with Crippen LogP contribution in [0.2, 0.25) is 0 Å². The van der Waals surface area contributed by atoms with E-state index in [1.807, 2.05) is 5.01 Å². The molecule has 4 aromatic rings. The number of hydrazine groups is 1. The van der Waals surface area contributed by atoms with E-state index in [9.17, 15) is 14.0 Å². The number of ether oxygens (including phenoxy) is 3. The van der Waals surface area contributed by atoms with Crippen molar-refractivity contribution >= 4 is 39.6 Å². The summed E-state index contributed by atoms with van der Waals surface area (Å²) in [6.45, 7) is 11.1. The number of halogens is 3. The molecule has 2 N–H and O–H groups in total. The number of nitrogens with zero attached hydrogens (tertiary/aromatic N) is 5. The van der Waals surface area contributed by atoms with Gasteiger partial charge in [0.05, 0.1) is 16.5 Å². The number of terminal acetylenes is 1. The molecule has 3 fully saturated rings. The van der Waals surface area contributed by atoms with Gasteiger partial charge in [0.15, 0.2) is 11.6 Å². The smallest absolute Gasteiger partial charge is 0.408 e. The van der Waals surface area contributed by atoms with E-state index in [2.05, 4.69) is 31.5 Å². The van der Waals surface area contributed by atoms with E-state index in [1.54, 1.807) is 34.6 Å². The summed E-state index contributed by atoms with van der Waals surface area (Å²) in [5.74, 6) is -0.0733. The van der Waals surface area contributed by atoms with Gasteiger partial charge >= 0.3 is 18.1 Å². The highest BCUT2D eigenvalue weighted by Gasteiger charge is 2.49. The van der Waals surface area contributed by atoms with Gasteiger partial charge in [-0.15, -0.1) is 6.42 Å². The molecule has 0 radical (unpaired) electrons. The molecular weight excluding hydrogens is 740 g/mol. The molecule has 2 aromatic heterocycles. The highest BCUT2D eigenvalue weighted by Crippen LogP contribution is 2.42. The molecule has 302 valence electrons. The Bertz CT molecular complexity index is 2230. The van der Waals surface area contributed by atoms with Crippen LogP contribution in [0.25, 0.3) is 32.9 Å². The largest absolute Gasteiger partial charge is 0.461 e. The number of carbonyl (C=O) groups excluding carboxylic acids is 2. The zero-order valence-corrected chi connectivity index (χ0v) is 32.9. The Hall–Kier alpha value is -5.20. The van der Waals surface area contributed by atoms with Crippen molar-refractivity contribution in [3.63, 3.8) is 0 Å². The molecular formula is C42H48F3N7O5. The number of carbonyl (C=O) groups is 2. The molecule has 3 atom stereocenters. The Morgan fingerprint density at radius 3 is 2.68 bits per heavy atom. The molecule has 3 saturated heterocycles. The van der Waals surface area contributed by atoms with Crippen LogP contribution in [0.4, 0.5) is 23.8 Å². The maximum atomic E-state index is 17.3. The summed E-state index contributed by atoms with van der Waals surface area (Å²) in [6, 6.07) is 4.27. The fourth-order valence-corrected chi connectivity index (χ4v) is 8.08. The quantitative estimate of drug-likeness (QED) is 0.103. The monoisotopic (exact) mass is 787 g/mol. The van der Waals surface area contributed by atoms with Crippen molar-refractivity contribution in [1.29, 1.82) is 0 Å². The first-order chi connectivity index (χ1) is 27.2. The van der Waals surface area contributed by atoms with Crippen LogP contribution in [0.3, 0.4) is 0 Å². The number of esters is 1. The van der Waals surface area contributed by atoms with Gasteiger partial charge in [0.1, 0.15) is 47.2 Å². The zero-order chi connectivity index (χ0) is 40.6. The van der Waals surface area contributed by atoms with Crippen LogP contribution in [-0.2, 0) is 9.53 Å². The minimum atomic E-state index is -1.11. The number of alkyl carbamates (subject to hydrolysis) is 1. The number of amides is 1. The van der Waals surface area contributed by atoms with Crippen molar-refractivity contribution in [3.8, 4) is 35.4 Å². The fourth-order valence-electron chi connectivity index (χ4n) is 8.08. The van der Waals surface area contributed by atoms with E-state index in [-0.39, 0.29) is 46.1 Å². The first-order valence-electron chi connectivity index (χ1n) is 19.5. The highest BCUT2D eigenvalue weighted by atomic mass is 19.1. The zero-order valence-electron chi connectivity index (χ0n) is 32.9. The molecule has 2 aromatic carbocycles. The highest BCUT2D eigenvalue weighted by molar-refractivity contribution is 6.03. The molecule has 0 spiro atoms. The van der Waals surface area contributed by atoms with Crippen LogP contribution < -0.4 is 25.2 Å². The van der Waals surface area contributed by atoms with Gasteiger partial charge in [0.25, 0.3) is 0 Å². The fraction of sp³-hybridized carbons (Fsp3) is 0.500. The first kappa shape index (κ1) is 40.0. The Morgan fingerprint density at radius 2 is 1.93 bits per heavy atom.